The van der Waals surface area contributed by atoms with Gasteiger partial charge in [0.2, 0.25) is 5.95 Å². The van der Waals surface area contributed by atoms with Gasteiger partial charge in [0.05, 0.1) is 34.1 Å². The van der Waals surface area contributed by atoms with Crippen LogP contribution < -0.4 is 4.74 Å². The number of para-hydroxylation sites is 3. The monoisotopic (exact) mass is 757 g/mol. The summed E-state index contributed by atoms with van der Waals surface area (Å²) >= 11 is 0. The molecule has 0 spiro atoms. The minimum atomic E-state index is 0.531. The Kier molecular flexibility index (Phi) is 8.67. The Morgan fingerprint density at radius 1 is 0.569 bits per heavy atom. The summed E-state index contributed by atoms with van der Waals surface area (Å²) in [6, 6.07) is 43.4. The number of benzene rings is 6. The molecular weight excluding hydrogens is 711 g/mol. The average molecular weight is 758 g/mol. The van der Waals surface area contributed by atoms with Crippen molar-refractivity contribution in [2.75, 3.05) is 0 Å². The molecule has 0 aliphatic heterocycles. The molecule has 0 atom stereocenters. The molecule has 0 aliphatic carbocycles. The van der Waals surface area contributed by atoms with Crippen molar-refractivity contribution < 1.29 is 4.74 Å². The summed E-state index contributed by atoms with van der Waals surface area (Å²) in [5.74, 6) is 3.41. The van der Waals surface area contributed by atoms with Gasteiger partial charge in [0.15, 0.2) is 0 Å². The van der Waals surface area contributed by atoms with E-state index in [1.54, 1.807) is 0 Å². The Labute approximate surface area is 339 Å². The van der Waals surface area contributed by atoms with Gasteiger partial charge in [-0.2, -0.15) is 0 Å². The summed E-state index contributed by atoms with van der Waals surface area (Å²) in [6.07, 6.45) is 8.05. The largest absolute Gasteiger partial charge is 0.457 e. The van der Waals surface area contributed by atoms with Crippen LogP contribution >= 0.6 is 0 Å². The maximum atomic E-state index is 6.82. The Morgan fingerprint density at radius 3 is 1.88 bits per heavy atom. The molecule has 0 fully saturated rings. The van der Waals surface area contributed by atoms with Gasteiger partial charge >= 0.3 is 0 Å². The fourth-order valence-electron chi connectivity index (χ4n) is 9.25. The van der Waals surface area contributed by atoms with Crippen molar-refractivity contribution in [2.24, 2.45) is 11.8 Å². The number of aromatic nitrogens is 5. The molecule has 0 amide bonds. The molecule has 0 saturated carbocycles. The van der Waals surface area contributed by atoms with Gasteiger partial charge in [-0.1, -0.05) is 100 Å². The van der Waals surface area contributed by atoms with Crippen LogP contribution in [-0.2, 0) is 12.8 Å². The first-order valence-electron chi connectivity index (χ1n) is 20.5. The van der Waals surface area contributed by atoms with Crippen LogP contribution in [0.3, 0.4) is 0 Å². The zero-order valence-electron chi connectivity index (χ0n) is 34.0. The first kappa shape index (κ1) is 35.7. The maximum absolute atomic E-state index is 6.82. The van der Waals surface area contributed by atoms with E-state index in [1.807, 2.05) is 6.20 Å². The van der Waals surface area contributed by atoms with Crippen LogP contribution in [-0.4, -0.2) is 23.5 Å². The second kappa shape index (κ2) is 14.1. The van der Waals surface area contributed by atoms with Crippen molar-refractivity contribution in [1.82, 2.24) is 23.5 Å². The van der Waals surface area contributed by atoms with Gasteiger partial charge in [-0.15, -0.1) is 0 Å². The smallest absolute Gasteiger partial charge is 0.219 e. The first-order valence-corrected chi connectivity index (χ1v) is 20.5. The van der Waals surface area contributed by atoms with Crippen LogP contribution in [0.15, 0.2) is 140 Å². The highest BCUT2D eigenvalue weighted by Crippen LogP contribution is 2.40. The van der Waals surface area contributed by atoms with Gasteiger partial charge < -0.3 is 4.74 Å². The second-order valence-electron chi connectivity index (χ2n) is 16.6. The molecule has 0 saturated heterocycles. The standard InChI is InChI=1S/C52H47N5O/c1-32(2)27-36-15-12-16-37(28-33(3)4)49(36)48-31-54-51-44-29-38(21-23-40(44)41-17-7-9-19-45(41)56(48)51)58-39-22-24-43-42-18-8-10-20-46(42)57(47(43)30-39)52-53-25-26-55(52)50-34(5)13-11-14-35(50)6/h7-26,29-33H,27-28H2,1-6H3. The molecule has 0 aliphatic rings. The van der Waals surface area contributed by atoms with Gasteiger partial charge in [-0.3, -0.25) is 13.5 Å². The number of fused-ring (bicyclic) bond motifs is 9. The highest BCUT2D eigenvalue weighted by atomic mass is 16.5. The van der Waals surface area contributed by atoms with Crippen LogP contribution in [0.5, 0.6) is 11.5 Å². The van der Waals surface area contributed by atoms with Gasteiger partial charge in [-0.05, 0) is 109 Å². The summed E-state index contributed by atoms with van der Waals surface area (Å²) in [5, 5.41) is 5.71. The number of hydrogen-bond acceptors (Lipinski definition) is 3. The Bertz CT molecular complexity index is 3150. The van der Waals surface area contributed by atoms with Crippen molar-refractivity contribution >= 4 is 49.1 Å². The third-order valence-corrected chi connectivity index (χ3v) is 11.6. The van der Waals surface area contributed by atoms with Crippen LogP contribution in [0.2, 0.25) is 0 Å². The van der Waals surface area contributed by atoms with E-state index in [4.69, 9.17) is 14.7 Å². The van der Waals surface area contributed by atoms with E-state index in [0.29, 0.717) is 11.8 Å². The van der Waals surface area contributed by atoms with Crippen LogP contribution in [0.25, 0.3) is 72.0 Å². The average Bonchev–Trinajstić information content (AvgIpc) is 3.94. The van der Waals surface area contributed by atoms with Crippen molar-refractivity contribution in [3.05, 3.63) is 162 Å². The lowest BCUT2D eigenvalue weighted by Gasteiger charge is -2.19. The minimum Gasteiger partial charge on any atom is -0.457 e. The van der Waals surface area contributed by atoms with Crippen molar-refractivity contribution in [3.8, 4) is 34.4 Å². The summed E-state index contributed by atoms with van der Waals surface area (Å²) in [5.41, 5.74) is 12.9. The van der Waals surface area contributed by atoms with Gasteiger partial charge in [0, 0.05) is 45.6 Å². The second-order valence-corrected chi connectivity index (χ2v) is 16.6. The highest BCUT2D eigenvalue weighted by Gasteiger charge is 2.22. The predicted molar refractivity (Wildman–Crippen MR) is 240 cm³/mol. The molecule has 6 aromatic carbocycles. The molecule has 0 radical (unpaired) electrons. The maximum Gasteiger partial charge on any atom is 0.219 e. The van der Waals surface area contributed by atoms with Gasteiger partial charge in [-0.25, -0.2) is 9.97 Å². The Morgan fingerprint density at radius 2 is 1.17 bits per heavy atom. The van der Waals surface area contributed by atoms with E-state index >= 15 is 0 Å². The van der Waals surface area contributed by atoms with Crippen LogP contribution in [0.4, 0.5) is 0 Å². The van der Waals surface area contributed by atoms with Crippen molar-refractivity contribution in [3.63, 3.8) is 0 Å². The zero-order chi connectivity index (χ0) is 39.7. The highest BCUT2D eigenvalue weighted by molar-refractivity contribution is 6.13. The van der Waals surface area contributed by atoms with E-state index in [2.05, 4.69) is 189 Å². The normalized spacial score (nSPS) is 12.1. The summed E-state index contributed by atoms with van der Waals surface area (Å²) < 4.78 is 13.7. The lowest BCUT2D eigenvalue weighted by molar-refractivity contribution is 0.484. The molecule has 58 heavy (non-hydrogen) atoms. The number of pyridine rings is 1. The van der Waals surface area contributed by atoms with E-state index in [1.165, 1.54) is 38.6 Å². The number of aryl methyl sites for hydroxylation is 2. The Hall–Kier alpha value is -6.66. The van der Waals surface area contributed by atoms with E-state index in [-0.39, 0.29) is 0 Å². The van der Waals surface area contributed by atoms with Crippen molar-refractivity contribution in [1.29, 1.82) is 0 Å². The molecule has 0 N–H and O–H groups in total. The minimum absolute atomic E-state index is 0.531. The molecule has 10 rings (SSSR count). The fraction of sp³-hybridized carbons (Fsp3) is 0.192. The first-order chi connectivity index (χ1) is 28.2. The molecule has 0 bridgehead atoms. The van der Waals surface area contributed by atoms with E-state index in [0.717, 1.165) is 80.0 Å². The number of rotatable bonds is 9. The molecule has 4 aromatic heterocycles. The molecule has 6 heteroatoms. The van der Waals surface area contributed by atoms with Crippen LogP contribution in [0, 0.1) is 25.7 Å². The Balaban J connectivity index is 1.13. The molecule has 4 heterocycles. The van der Waals surface area contributed by atoms with Gasteiger partial charge in [0.25, 0.3) is 0 Å². The molecule has 10 aromatic rings. The number of nitrogens with zero attached hydrogens (tertiary/aromatic N) is 5. The zero-order valence-corrected chi connectivity index (χ0v) is 34.0. The number of hydrogen-bond donors (Lipinski definition) is 0. The van der Waals surface area contributed by atoms with E-state index < -0.39 is 0 Å². The van der Waals surface area contributed by atoms with Gasteiger partial charge in [0.1, 0.15) is 17.1 Å². The van der Waals surface area contributed by atoms with Crippen molar-refractivity contribution in [2.45, 2.75) is 54.4 Å². The lowest BCUT2D eigenvalue weighted by atomic mass is 9.89. The molecule has 286 valence electrons. The summed E-state index contributed by atoms with van der Waals surface area (Å²) in [6.45, 7) is 13.5. The lowest BCUT2D eigenvalue weighted by Crippen LogP contribution is -2.07. The SMILES string of the molecule is Cc1cccc(C)c1-n1ccnc1-n1c2ccccc2c2ccc(Oc3ccc4c5ccccc5n5c(-c6c(CC(C)C)cccc6CC(C)C)cnc5c4c3)cc21. The summed E-state index contributed by atoms with van der Waals surface area (Å²) in [7, 11) is 0. The topological polar surface area (TPSA) is 49.3 Å². The third-order valence-electron chi connectivity index (χ3n) is 11.6. The number of imidazole rings is 2. The molecule has 0 unspecified atom stereocenters. The fourth-order valence-corrected chi connectivity index (χ4v) is 9.25. The summed E-state index contributed by atoms with van der Waals surface area (Å²) in [4.78, 5) is 10.2. The van der Waals surface area contributed by atoms with Crippen LogP contribution in [0.1, 0.15) is 49.9 Å². The third kappa shape index (κ3) is 5.85. The predicted octanol–water partition coefficient (Wildman–Crippen LogP) is 13.4. The quantitative estimate of drug-likeness (QED) is 0.138. The number of ether oxygens (including phenoxy) is 1. The molecular formula is C52H47N5O. The molecule has 6 nitrogen and oxygen atoms in total. The van der Waals surface area contributed by atoms with E-state index in [9.17, 15) is 0 Å².